The molecule has 3 saturated heterocycles. The van der Waals surface area contributed by atoms with Gasteiger partial charge in [-0.05, 0) is 51.9 Å². The predicted molar refractivity (Wildman–Crippen MR) is 69.9 cm³/mol. The fourth-order valence-corrected chi connectivity index (χ4v) is 4.58. The van der Waals surface area contributed by atoms with Gasteiger partial charge in [0.15, 0.2) is 0 Å². The molecule has 4 atom stereocenters. The molecule has 2 nitrogen and oxygen atoms in total. The van der Waals surface area contributed by atoms with Gasteiger partial charge in [0.2, 0.25) is 0 Å². The molecule has 0 aliphatic carbocycles. The van der Waals surface area contributed by atoms with E-state index in [2.05, 4.69) is 18.7 Å². The summed E-state index contributed by atoms with van der Waals surface area (Å²) in [6.07, 6.45) is 12.6. The second-order valence-electron chi connectivity index (χ2n) is 6.48. The van der Waals surface area contributed by atoms with E-state index in [1.165, 1.54) is 57.8 Å². The number of hydrogen-bond donors (Lipinski definition) is 0. The largest absolute Gasteiger partial charge is 0.357 e. The summed E-state index contributed by atoms with van der Waals surface area (Å²) >= 11 is 0. The fourth-order valence-electron chi connectivity index (χ4n) is 4.58. The Hall–Kier alpha value is -0.0800. The Bertz CT molecular complexity index is 278. The van der Waals surface area contributed by atoms with Crippen molar-refractivity contribution in [2.24, 2.45) is 0 Å². The van der Waals surface area contributed by atoms with E-state index in [-0.39, 0.29) is 5.72 Å². The third-order valence-corrected chi connectivity index (χ3v) is 5.15. The Kier molecular flexibility index (Phi) is 3.20. The summed E-state index contributed by atoms with van der Waals surface area (Å²) < 4.78 is 6.48. The van der Waals surface area contributed by atoms with Crippen LogP contribution < -0.4 is 0 Å². The lowest BCUT2D eigenvalue weighted by molar-refractivity contribution is -0.268. The molecule has 0 aromatic carbocycles. The van der Waals surface area contributed by atoms with Crippen LogP contribution in [0, 0.1) is 0 Å². The Balaban J connectivity index is 1.81. The van der Waals surface area contributed by atoms with Gasteiger partial charge in [-0.2, -0.15) is 0 Å². The Labute approximate surface area is 106 Å². The molecular formula is C15H27NO. The highest BCUT2D eigenvalue weighted by atomic mass is 16.5. The zero-order valence-corrected chi connectivity index (χ0v) is 11.5. The Morgan fingerprint density at radius 3 is 2.76 bits per heavy atom. The van der Waals surface area contributed by atoms with E-state index >= 15 is 0 Å². The normalized spacial score (nSPS) is 46.6. The van der Waals surface area contributed by atoms with Gasteiger partial charge in [0.25, 0.3) is 0 Å². The van der Waals surface area contributed by atoms with Gasteiger partial charge in [-0.3, -0.25) is 4.90 Å². The number of ether oxygens (including phenoxy) is 1. The molecule has 3 rings (SSSR count). The first kappa shape index (κ1) is 12.0. The smallest absolute Gasteiger partial charge is 0.119 e. The number of piperidine rings is 2. The second kappa shape index (κ2) is 4.55. The maximum atomic E-state index is 6.48. The van der Waals surface area contributed by atoms with Crippen LogP contribution in [0.3, 0.4) is 0 Å². The average molecular weight is 237 g/mol. The Morgan fingerprint density at radius 2 is 1.94 bits per heavy atom. The van der Waals surface area contributed by atoms with Crippen molar-refractivity contribution in [3.8, 4) is 0 Å². The summed E-state index contributed by atoms with van der Waals surface area (Å²) in [5.74, 6) is 0. The summed E-state index contributed by atoms with van der Waals surface area (Å²) in [6.45, 7) is 4.64. The van der Waals surface area contributed by atoms with E-state index in [1.54, 1.807) is 0 Å². The second-order valence-corrected chi connectivity index (χ2v) is 6.48. The molecule has 0 spiro atoms. The van der Waals surface area contributed by atoms with Crippen molar-refractivity contribution in [3.63, 3.8) is 0 Å². The van der Waals surface area contributed by atoms with E-state index in [0.29, 0.717) is 6.10 Å². The van der Waals surface area contributed by atoms with Crippen LogP contribution in [0.1, 0.15) is 71.6 Å². The molecule has 98 valence electrons. The first-order chi connectivity index (χ1) is 8.23. The molecular weight excluding hydrogens is 210 g/mol. The lowest BCUT2D eigenvalue weighted by atomic mass is 9.80. The van der Waals surface area contributed by atoms with Crippen LogP contribution in [0.4, 0.5) is 0 Å². The molecule has 3 fully saturated rings. The average Bonchev–Trinajstić information content (AvgIpc) is 2.29. The minimum atomic E-state index is 0.0755. The zero-order chi connectivity index (χ0) is 11.9. The van der Waals surface area contributed by atoms with Gasteiger partial charge in [0.1, 0.15) is 5.72 Å². The minimum absolute atomic E-state index is 0.0755. The van der Waals surface area contributed by atoms with Gasteiger partial charge in [-0.1, -0.05) is 19.8 Å². The van der Waals surface area contributed by atoms with Crippen molar-refractivity contribution in [2.75, 3.05) is 0 Å². The maximum Gasteiger partial charge on any atom is 0.119 e. The van der Waals surface area contributed by atoms with Crippen molar-refractivity contribution < 1.29 is 4.74 Å². The molecule has 1 unspecified atom stereocenters. The molecule has 0 amide bonds. The van der Waals surface area contributed by atoms with Crippen molar-refractivity contribution in [1.82, 2.24) is 4.90 Å². The first-order valence-electron chi connectivity index (χ1n) is 7.69. The molecule has 0 radical (unpaired) electrons. The summed E-state index contributed by atoms with van der Waals surface area (Å²) in [5, 5.41) is 0. The van der Waals surface area contributed by atoms with Crippen LogP contribution >= 0.6 is 0 Å². The molecule has 0 saturated carbocycles. The highest BCUT2D eigenvalue weighted by molar-refractivity contribution is 4.99. The van der Waals surface area contributed by atoms with Crippen LogP contribution in [0.15, 0.2) is 0 Å². The SMILES string of the molecule is CCCC1C[C@@H]2CCC[C@H]3CCC[C@](C)(O1)N32. The molecule has 0 aromatic rings. The molecule has 0 aromatic heterocycles. The fraction of sp³-hybridized carbons (Fsp3) is 1.00. The lowest BCUT2D eigenvalue weighted by Crippen LogP contribution is -2.66. The molecule has 2 heteroatoms. The van der Waals surface area contributed by atoms with E-state index in [1.807, 2.05) is 0 Å². The summed E-state index contributed by atoms with van der Waals surface area (Å²) in [7, 11) is 0. The van der Waals surface area contributed by atoms with Gasteiger partial charge in [-0.15, -0.1) is 0 Å². The van der Waals surface area contributed by atoms with E-state index in [9.17, 15) is 0 Å². The third-order valence-electron chi connectivity index (χ3n) is 5.15. The summed E-state index contributed by atoms with van der Waals surface area (Å²) in [4.78, 5) is 2.77. The van der Waals surface area contributed by atoms with Crippen LogP contribution in [-0.4, -0.2) is 28.8 Å². The molecule has 3 aliphatic heterocycles. The summed E-state index contributed by atoms with van der Waals surface area (Å²) in [6, 6.07) is 1.65. The van der Waals surface area contributed by atoms with E-state index in [4.69, 9.17) is 4.74 Å². The molecule has 17 heavy (non-hydrogen) atoms. The topological polar surface area (TPSA) is 12.5 Å². The zero-order valence-electron chi connectivity index (χ0n) is 11.5. The number of hydrogen-bond acceptors (Lipinski definition) is 2. The molecule has 0 N–H and O–H groups in total. The van der Waals surface area contributed by atoms with Gasteiger partial charge in [0.05, 0.1) is 6.10 Å². The van der Waals surface area contributed by atoms with Crippen molar-refractivity contribution >= 4 is 0 Å². The first-order valence-corrected chi connectivity index (χ1v) is 7.69. The Morgan fingerprint density at radius 1 is 1.18 bits per heavy atom. The van der Waals surface area contributed by atoms with Crippen molar-refractivity contribution in [1.29, 1.82) is 0 Å². The summed E-state index contributed by atoms with van der Waals surface area (Å²) in [5.41, 5.74) is 0.0755. The van der Waals surface area contributed by atoms with E-state index in [0.717, 1.165) is 12.1 Å². The molecule has 3 heterocycles. The number of nitrogens with zero attached hydrogens (tertiary/aromatic N) is 1. The van der Waals surface area contributed by atoms with Crippen LogP contribution in [0.25, 0.3) is 0 Å². The number of rotatable bonds is 2. The molecule has 0 bridgehead atoms. The monoisotopic (exact) mass is 237 g/mol. The maximum absolute atomic E-state index is 6.48. The van der Waals surface area contributed by atoms with Crippen LogP contribution in [-0.2, 0) is 4.74 Å². The van der Waals surface area contributed by atoms with Gasteiger partial charge < -0.3 is 4.74 Å². The van der Waals surface area contributed by atoms with Crippen LogP contribution in [0.2, 0.25) is 0 Å². The van der Waals surface area contributed by atoms with Gasteiger partial charge in [-0.25, -0.2) is 0 Å². The van der Waals surface area contributed by atoms with Crippen molar-refractivity contribution in [2.45, 2.75) is 95.5 Å². The minimum Gasteiger partial charge on any atom is -0.357 e. The molecule has 3 aliphatic rings. The highest BCUT2D eigenvalue weighted by Gasteiger charge is 2.50. The predicted octanol–water partition coefficient (Wildman–Crippen LogP) is 3.70. The van der Waals surface area contributed by atoms with Gasteiger partial charge in [0, 0.05) is 12.1 Å². The van der Waals surface area contributed by atoms with Crippen molar-refractivity contribution in [3.05, 3.63) is 0 Å². The third kappa shape index (κ3) is 2.04. The van der Waals surface area contributed by atoms with Crippen LogP contribution in [0.5, 0.6) is 0 Å². The van der Waals surface area contributed by atoms with E-state index < -0.39 is 0 Å². The van der Waals surface area contributed by atoms with Gasteiger partial charge >= 0.3 is 0 Å². The standard InChI is InChI=1S/C15H27NO/c1-3-6-14-11-13-8-4-7-12-9-5-10-15(2,17-14)16(12)13/h12-14H,3-11H2,1-2H3/t12-,13-,14?,15-/m0/s1. The highest BCUT2D eigenvalue weighted by Crippen LogP contribution is 2.46. The lowest BCUT2D eigenvalue weighted by Gasteiger charge is -2.59. The quantitative estimate of drug-likeness (QED) is 0.726.